The molecule has 0 unspecified atom stereocenters. The number of anilines is 2. The number of benzene rings is 1. The normalized spacial score (nSPS) is 11.3. The number of nitrogens with zero attached hydrogens (tertiary/aromatic N) is 1. The Kier molecular flexibility index (Phi) is 5.36. The van der Waals surface area contributed by atoms with E-state index in [9.17, 15) is 18.0 Å². The highest BCUT2D eigenvalue weighted by atomic mass is 35.5. The lowest BCUT2D eigenvalue weighted by Gasteiger charge is -2.12. The van der Waals surface area contributed by atoms with Crippen LogP contribution in [0.3, 0.4) is 0 Å². The molecule has 0 aliphatic heterocycles. The Balaban J connectivity index is 1.66. The summed E-state index contributed by atoms with van der Waals surface area (Å²) in [4.78, 5) is 16.0. The van der Waals surface area contributed by atoms with Crippen LogP contribution in [0.1, 0.15) is 21.8 Å². The van der Waals surface area contributed by atoms with Crippen LogP contribution in [0, 0.1) is 0 Å². The van der Waals surface area contributed by atoms with Gasteiger partial charge in [0, 0.05) is 5.69 Å². The Bertz CT molecular complexity index is 926. The van der Waals surface area contributed by atoms with Crippen molar-refractivity contribution in [2.75, 3.05) is 5.32 Å². The highest BCUT2D eigenvalue weighted by Crippen LogP contribution is 2.36. The van der Waals surface area contributed by atoms with E-state index in [1.807, 2.05) is 0 Å². The molecule has 0 aliphatic carbocycles. The summed E-state index contributed by atoms with van der Waals surface area (Å²) < 4.78 is 43.8. The lowest BCUT2D eigenvalue weighted by atomic mass is 10.2. The van der Waals surface area contributed by atoms with Gasteiger partial charge in [0.2, 0.25) is 0 Å². The largest absolute Gasteiger partial charge is 0.467 e. The van der Waals surface area contributed by atoms with Crippen molar-refractivity contribution in [1.29, 1.82) is 0 Å². The van der Waals surface area contributed by atoms with Gasteiger partial charge in [-0.25, -0.2) is 4.98 Å². The molecule has 9 heteroatoms. The van der Waals surface area contributed by atoms with Crippen molar-refractivity contribution in [3.63, 3.8) is 0 Å². The van der Waals surface area contributed by atoms with E-state index in [0.29, 0.717) is 11.4 Å². The molecule has 0 radical (unpaired) electrons. The van der Waals surface area contributed by atoms with Gasteiger partial charge in [0.25, 0.3) is 5.91 Å². The zero-order valence-electron chi connectivity index (χ0n) is 13.7. The van der Waals surface area contributed by atoms with E-state index in [1.165, 1.54) is 30.7 Å². The van der Waals surface area contributed by atoms with Crippen molar-refractivity contribution in [1.82, 2.24) is 10.3 Å². The van der Waals surface area contributed by atoms with Gasteiger partial charge in [-0.05, 0) is 42.5 Å². The minimum Gasteiger partial charge on any atom is -0.467 e. The van der Waals surface area contributed by atoms with Gasteiger partial charge in [-0.3, -0.25) is 4.79 Å². The first-order valence-corrected chi connectivity index (χ1v) is 8.11. The third kappa shape index (κ3) is 4.79. The first-order valence-electron chi connectivity index (χ1n) is 7.73. The third-order valence-corrected chi connectivity index (χ3v) is 3.89. The molecule has 3 aromatic rings. The molecular weight excluding hydrogens is 383 g/mol. The summed E-state index contributed by atoms with van der Waals surface area (Å²) in [6.07, 6.45) is -1.70. The van der Waals surface area contributed by atoms with Gasteiger partial charge in [-0.15, -0.1) is 0 Å². The molecule has 2 aromatic heterocycles. The van der Waals surface area contributed by atoms with Crippen LogP contribution >= 0.6 is 11.6 Å². The fourth-order valence-electron chi connectivity index (χ4n) is 2.26. The molecule has 0 saturated carbocycles. The summed E-state index contributed by atoms with van der Waals surface area (Å²) >= 11 is 5.59. The molecule has 2 heterocycles. The summed E-state index contributed by atoms with van der Waals surface area (Å²) in [7, 11) is 0. The van der Waals surface area contributed by atoms with E-state index in [1.54, 1.807) is 12.1 Å². The molecule has 0 atom stereocenters. The molecule has 0 bridgehead atoms. The summed E-state index contributed by atoms with van der Waals surface area (Å²) in [5, 5.41) is 5.06. The summed E-state index contributed by atoms with van der Waals surface area (Å²) in [5.41, 5.74) is -0.146. The average molecular weight is 396 g/mol. The third-order valence-electron chi connectivity index (χ3n) is 3.56. The summed E-state index contributed by atoms with van der Waals surface area (Å²) in [5.74, 6) is 0.202. The maximum Gasteiger partial charge on any atom is 0.417 e. The van der Waals surface area contributed by atoms with Crippen LogP contribution in [0.4, 0.5) is 24.5 Å². The molecule has 140 valence electrons. The lowest BCUT2D eigenvalue weighted by Crippen LogP contribution is -2.23. The predicted molar refractivity (Wildman–Crippen MR) is 93.9 cm³/mol. The second kappa shape index (κ2) is 7.71. The number of hydrogen-bond donors (Lipinski definition) is 2. The number of halogens is 4. The van der Waals surface area contributed by atoms with Crippen molar-refractivity contribution in [3.8, 4) is 0 Å². The van der Waals surface area contributed by atoms with Crippen LogP contribution in [0.15, 0.2) is 59.3 Å². The van der Waals surface area contributed by atoms with Crippen LogP contribution in [0.25, 0.3) is 0 Å². The maximum absolute atomic E-state index is 12.9. The Morgan fingerprint density at radius 1 is 1.15 bits per heavy atom. The Morgan fingerprint density at radius 3 is 2.56 bits per heavy atom. The number of furan rings is 1. The molecule has 3 rings (SSSR count). The second-order valence-electron chi connectivity index (χ2n) is 5.51. The number of nitrogens with one attached hydrogen (secondary N) is 2. The number of alkyl halides is 3. The van der Waals surface area contributed by atoms with Crippen LogP contribution < -0.4 is 10.6 Å². The van der Waals surface area contributed by atoms with Crippen molar-refractivity contribution in [2.45, 2.75) is 12.7 Å². The van der Waals surface area contributed by atoms with E-state index >= 15 is 0 Å². The van der Waals surface area contributed by atoms with E-state index in [-0.39, 0.29) is 22.9 Å². The molecule has 5 nitrogen and oxygen atoms in total. The first-order chi connectivity index (χ1) is 12.8. The number of rotatable bonds is 5. The fraction of sp³-hybridized carbons (Fsp3) is 0.111. The van der Waals surface area contributed by atoms with Crippen molar-refractivity contribution < 1.29 is 22.4 Å². The Labute approximate surface area is 157 Å². The van der Waals surface area contributed by atoms with Crippen molar-refractivity contribution in [3.05, 3.63) is 77.0 Å². The number of carbonyl (C=O) groups excluding carboxylic acids is 1. The van der Waals surface area contributed by atoms with Crippen molar-refractivity contribution in [2.24, 2.45) is 0 Å². The van der Waals surface area contributed by atoms with E-state index in [0.717, 1.165) is 12.1 Å². The van der Waals surface area contributed by atoms with Crippen molar-refractivity contribution >= 4 is 28.9 Å². The molecule has 1 amide bonds. The zero-order valence-corrected chi connectivity index (χ0v) is 14.4. The topological polar surface area (TPSA) is 67.2 Å². The number of carbonyl (C=O) groups is 1. The maximum atomic E-state index is 12.9. The first kappa shape index (κ1) is 18.8. The summed E-state index contributed by atoms with van der Waals surface area (Å²) in [6.45, 7) is 0.221. The molecule has 0 spiro atoms. The Hall–Kier alpha value is -3.00. The Morgan fingerprint density at radius 2 is 1.93 bits per heavy atom. The van der Waals surface area contributed by atoms with E-state index in [2.05, 4.69) is 15.6 Å². The SMILES string of the molecule is O=C(NCc1ccco1)c1ccc(Nc2ccc(Cl)c(C(F)(F)F)c2)cn1. The minimum atomic E-state index is -4.55. The molecule has 0 saturated heterocycles. The predicted octanol–water partition coefficient (Wildman–Crippen LogP) is 5.02. The lowest BCUT2D eigenvalue weighted by molar-refractivity contribution is -0.137. The molecule has 2 N–H and O–H groups in total. The van der Waals surface area contributed by atoms with Gasteiger partial charge in [0.05, 0.1) is 35.3 Å². The smallest absolute Gasteiger partial charge is 0.417 e. The van der Waals surface area contributed by atoms with Crippen LogP contribution in [-0.2, 0) is 12.7 Å². The van der Waals surface area contributed by atoms with Gasteiger partial charge < -0.3 is 15.1 Å². The monoisotopic (exact) mass is 395 g/mol. The van der Waals surface area contributed by atoms with Gasteiger partial charge in [-0.1, -0.05) is 11.6 Å². The molecule has 27 heavy (non-hydrogen) atoms. The second-order valence-corrected chi connectivity index (χ2v) is 5.92. The highest BCUT2D eigenvalue weighted by Gasteiger charge is 2.33. The number of aromatic nitrogens is 1. The van der Waals surface area contributed by atoms with Gasteiger partial charge in [-0.2, -0.15) is 13.2 Å². The number of hydrogen-bond acceptors (Lipinski definition) is 4. The van der Waals surface area contributed by atoms with Crippen LogP contribution in [0.2, 0.25) is 5.02 Å². The fourth-order valence-corrected chi connectivity index (χ4v) is 2.48. The van der Waals surface area contributed by atoms with Gasteiger partial charge in [0.15, 0.2) is 0 Å². The average Bonchev–Trinajstić information content (AvgIpc) is 3.14. The number of pyridine rings is 1. The standard InChI is InChI=1S/C18H13ClF3N3O2/c19-15-5-3-11(8-14(15)18(20,21)22)25-12-4-6-16(23-9-12)17(26)24-10-13-2-1-7-27-13/h1-9,25H,10H2,(H,24,26). The summed E-state index contributed by atoms with van der Waals surface area (Å²) in [6, 6.07) is 9.92. The zero-order chi connectivity index (χ0) is 19.4. The van der Waals surface area contributed by atoms with E-state index < -0.39 is 17.6 Å². The van der Waals surface area contributed by atoms with E-state index in [4.69, 9.17) is 16.0 Å². The number of amides is 1. The van der Waals surface area contributed by atoms with Gasteiger partial charge >= 0.3 is 6.18 Å². The van der Waals surface area contributed by atoms with Crippen LogP contribution in [-0.4, -0.2) is 10.9 Å². The molecule has 1 aromatic carbocycles. The highest BCUT2D eigenvalue weighted by molar-refractivity contribution is 6.31. The molecular formula is C18H13ClF3N3O2. The van der Waals surface area contributed by atoms with Crippen LogP contribution in [0.5, 0.6) is 0 Å². The molecule has 0 aliphatic rings. The quantitative estimate of drug-likeness (QED) is 0.636. The van der Waals surface area contributed by atoms with Gasteiger partial charge in [0.1, 0.15) is 11.5 Å². The minimum absolute atomic E-state index is 0.166. The molecule has 0 fully saturated rings.